The zero-order valence-electron chi connectivity index (χ0n) is 42.2. The number of hydrogen-bond acceptors (Lipinski definition) is 9. The highest BCUT2D eigenvalue weighted by Crippen LogP contribution is 2.23. The second-order valence-electron chi connectivity index (χ2n) is 17.9. The van der Waals surface area contributed by atoms with Gasteiger partial charge in [-0.1, -0.05) is 153 Å². The predicted octanol–water partition coefficient (Wildman–Crippen LogP) is 10.4. The van der Waals surface area contributed by atoms with Crippen molar-refractivity contribution in [2.75, 3.05) is 35.6 Å². The number of rotatable bonds is 33. The molecule has 0 aromatic heterocycles. The van der Waals surface area contributed by atoms with Gasteiger partial charge < -0.3 is 31.9 Å². The molecule has 6 N–H and O–H groups in total. The maximum absolute atomic E-state index is 14.2. The third-order valence-electron chi connectivity index (χ3n) is 12.0. The Hall–Kier alpha value is -7.29. The Kier molecular flexibility index (Phi) is 25.3. The Labute approximate surface area is 423 Å². The number of nitrogens with one attached hydrogen (secondary N) is 6. The summed E-state index contributed by atoms with van der Waals surface area (Å²) in [5.41, 5.74) is -0.959. The van der Waals surface area contributed by atoms with E-state index < -0.39 is 52.8 Å². The van der Waals surface area contributed by atoms with E-state index in [2.05, 4.69) is 52.7 Å². The van der Waals surface area contributed by atoms with Crippen molar-refractivity contribution in [2.24, 2.45) is 0 Å². The zero-order valence-corrected chi connectivity index (χ0v) is 42.2. The number of carbonyl (C=O) groups is 9. The highest BCUT2D eigenvalue weighted by molar-refractivity contribution is 6.45. The topological polar surface area (TPSA) is 226 Å². The Morgan fingerprint density at radius 3 is 0.819 bits per heavy atom. The molecule has 0 fully saturated rings. The number of unbranched alkanes of at least 4 members (excludes halogenated alkanes) is 15. The molecule has 0 saturated carbocycles. The molecule has 0 unspecified atom stereocenters. The maximum Gasteiger partial charge on any atom is 0.292 e. The van der Waals surface area contributed by atoms with Crippen LogP contribution in [0.3, 0.4) is 0 Å². The van der Waals surface area contributed by atoms with Crippen LogP contribution in [0, 0.1) is 0 Å². The van der Waals surface area contributed by atoms with Crippen molar-refractivity contribution in [1.82, 2.24) is 16.0 Å². The number of amides is 6. The Morgan fingerprint density at radius 1 is 0.319 bits per heavy atom. The molecule has 0 aliphatic carbocycles. The first-order chi connectivity index (χ1) is 34.9. The van der Waals surface area contributed by atoms with E-state index in [1.54, 1.807) is 36.4 Å². The fourth-order valence-corrected chi connectivity index (χ4v) is 7.90. The highest BCUT2D eigenvalue weighted by Gasteiger charge is 2.25. The summed E-state index contributed by atoms with van der Waals surface area (Å²) in [7, 11) is 0. The summed E-state index contributed by atoms with van der Waals surface area (Å²) in [5.74, 6) is -7.73. The van der Waals surface area contributed by atoms with Gasteiger partial charge >= 0.3 is 0 Å². The van der Waals surface area contributed by atoms with E-state index >= 15 is 0 Å². The van der Waals surface area contributed by atoms with Crippen LogP contribution in [-0.2, 0) is 14.4 Å². The van der Waals surface area contributed by atoms with Crippen LogP contribution >= 0.6 is 0 Å². The molecular weight excluding hydrogens is 913 g/mol. The van der Waals surface area contributed by atoms with Crippen molar-refractivity contribution >= 4 is 69.9 Å². The molecule has 4 aromatic rings. The molecule has 4 aromatic carbocycles. The smallest absolute Gasteiger partial charge is 0.292 e. The standard InChI is InChI=1S/C57H72N6O9/c1-4-7-10-13-16-25-34-58-55(70)49(64)43-28-19-22-31-46(43)61-52(67)40-37-41(53(68)62-47-32-23-20-29-44(47)50(65)56(71)59-35-26-17-14-11-8-5-2)39-42(38-40)54(69)63-48-33-24-21-30-45(48)51(66)57(72)60-36-27-18-15-12-9-6-3/h19-24,28-33,37-39H,4-18,25-27,34-36H2,1-3H3,(H,58,70)(H,59,71)(H,60,72)(H,61,67)(H,62,68)(H,63,69). The molecule has 0 aliphatic rings. The quantitative estimate of drug-likeness (QED) is 0.0151. The van der Waals surface area contributed by atoms with E-state index in [-0.39, 0.29) is 50.4 Å². The Morgan fingerprint density at radius 2 is 0.556 bits per heavy atom. The van der Waals surface area contributed by atoms with Crippen LogP contribution in [0.2, 0.25) is 0 Å². The largest absolute Gasteiger partial charge is 0.349 e. The molecule has 384 valence electrons. The van der Waals surface area contributed by atoms with E-state index in [1.807, 2.05) is 0 Å². The third kappa shape index (κ3) is 18.8. The second-order valence-corrected chi connectivity index (χ2v) is 17.9. The van der Waals surface area contributed by atoms with E-state index in [0.717, 1.165) is 96.3 Å². The average molecular weight is 985 g/mol. The van der Waals surface area contributed by atoms with Gasteiger partial charge in [0.25, 0.3) is 52.8 Å². The molecule has 0 radical (unpaired) electrons. The molecule has 0 aliphatic heterocycles. The molecule has 0 spiro atoms. The van der Waals surface area contributed by atoms with Gasteiger partial charge in [-0.15, -0.1) is 0 Å². The summed E-state index contributed by atoms with van der Waals surface area (Å²) in [6.45, 7) is 7.30. The number of hydrogen-bond donors (Lipinski definition) is 6. The zero-order chi connectivity index (χ0) is 52.1. The minimum Gasteiger partial charge on any atom is -0.349 e. The normalized spacial score (nSPS) is 10.7. The van der Waals surface area contributed by atoms with Gasteiger partial charge in [0, 0.05) is 36.3 Å². The molecule has 72 heavy (non-hydrogen) atoms. The Balaban J connectivity index is 1.60. The number of anilines is 3. The van der Waals surface area contributed by atoms with E-state index in [1.165, 1.54) is 54.6 Å². The van der Waals surface area contributed by atoms with Crippen molar-refractivity contribution in [1.29, 1.82) is 0 Å². The lowest BCUT2D eigenvalue weighted by atomic mass is 10.0. The number of para-hydroxylation sites is 3. The average Bonchev–Trinajstić information content (AvgIpc) is 3.39. The SMILES string of the molecule is CCCCCCCCNC(=O)C(=O)c1ccccc1NC(=O)c1cc(C(=O)Nc2ccccc2C(=O)C(=O)NCCCCCCCC)cc(C(=O)Nc2ccccc2C(=O)C(=O)NCCCCCCCC)c1. The number of ketones is 3. The van der Waals surface area contributed by atoms with Crippen molar-refractivity contribution in [3.63, 3.8) is 0 Å². The number of benzene rings is 4. The lowest BCUT2D eigenvalue weighted by molar-refractivity contribution is -0.117. The summed E-state index contributed by atoms with van der Waals surface area (Å²) >= 11 is 0. The van der Waals surface area contributed by atoms with Gasteiger partial charge in [-0.25, -0.2) is 0 Å². The molecule has 15 heteroatoms. The van der Waals surface area contributed by atoms with Gasteiger partial charge in [-0.2, -0.15) is 0 Å². The molecule has 4 rings (SSSR count). The van der Waals surface area contributed by atoms with Crippen LogP contribution in [0.4, 0.5) is 17.1 Å². The molecule has 6 amide bonds. The van der Waals surface area contributed by atoms with Gasteiger partial charge in [0.05, 0.1) is 33.8 Å². The molecule has 15 nitrogen and oxygen atoms in total. The summed E-state index contributed by atoms with van der Waals surface area (Å²) in [6.07, 6.45) is 17.9. The van der Waals surface area contributed by atoms with E-state index in [9.17, 15) is 43.2 Å². The minimum atomic E-state index is -0.876. The van der Waals surface area contributed by atoms with Gasteiger partial charge in [0.15, 0.2) is 0 Å². The molecule has 0 heterocycles. The maximum atomic E-state index is 14.2. The van der Waals surface area contributed by atoms with E-state index in [0.29, 0.717) is 38.9 Å². The van der Waals surface area contributed by atoms with E-state index in [4.69, 9.17) is 0 Å². The molecule has 0 saturated heterocycles. The summed E-state index contributed by atoms with van der Waals surface area (Å²) in [4.78, 5) is 122. The van der Waals surface area contributed by atoms with Crippen LogP contribution in [0.15, 0.2) is 91.0 Å². The summed E-state index contributed by atoms with van der Waals surface area (Å²) < 4.78 is 0. The van der Waals surface area contributed by atoms with Crippen LogP contribution in [0.25, 0.3) is 0 Å². The summed E-state index contributed by atoms with van der Waals surface area (Å²) in [6, 6.07) is 21.4. The van der Waals surface area contributed by atoms with Crippen LogP contribution in [0.5, 0.6) is 0 Å². The highest BCUT2D eigenvalue weighted by atomic mass is 16.2. The fourth-order valence-electron chi connectivity index (χ4n) is 7.90. The Bertz CT molecular complexity index is 2220. The van der Waals surface area contributed by atoms with Crippen molar-refractivity contribution in [2.45, 2.75) is 136 Å². The lowest BCUT2D eigenvalue weighted by Gasteiger charge is -2.15. The third-order valence-corrected chi connectivity index (χ3v) is 12.0. The second kappa shape index (κ2) is 31.8. The van der Waals surface area contributed by atoms with Crippen molar-refractivity contribution in [3.8, 4) is 0 Å². The lowest BCUT2D eigenvalue weighted by Crippen LogP contribution is -2.32. The predicted molar refractivity (Wildman–Crippen MR) is 282 cm³/mol. The first-order valence-corrected chi connectivity index (χ1v) is 25.7. The molecule has 0 bridgehead atoms. The number of Topliss-reactive ketones (excluding diaryl/α,β-unsaturated/α-hetero) is 3. The first-order valence-electron chi connectivity index (χ1n) is 25.7. The monoisotopic (exact) mass is 985 g/mol. The first kappa shape index (κ1) is 57.3. The minimum absolute atomic E-state index is 0.00695. The fraction of sp³-hybridized carbons (Fsp3) is 0.421. The van der Waals surface area contributed by atoms with Gasteiger partial charge in [-0.3, -0.25) is 43.2 Å². The van der Waals surface area contributed by atoms with Gasteiger partial charge in [-0.05, 0) is 73.9 Å². The number of carbonyl (C=O) groups excluding carboxylic acids is 9. The summed E-state index contributed by atoms with van der Waals surface area (Å²) in [5, 5.41) is 15.9. The van der Waals surface area contributed by atoms with Gasteiger partial charge in [0.1, 0.15) is 0 Å². The van der Waals surface area contributed by atoms with Crippen LogP contribution < -0.4 is 31.9 Å². The van der Waals surface area contributed by atoms with Crippen LogP contribution in [-0.4, -0.2) is 72.4 Å². The van der Waals surface area contributed by atoms with Crippen molar-refractivity contribution < 1.29 is 43.2 Å². The van der Waals surface area contributed by atoms with Gasteiger partial charge in [0.2, 0.25) is 0 Å². The molecule has 0 atom stereocenters. The van der Waals surface area contributed by atoms with Crippen molar-refractivity contribution in [3.05, 3.63) is 124 Å². The molecular formula is C57H72N6O9. The van der Waals surface area contributed by atoms with Crippen LogP contribution in [0.1, 0.15) is 198 Å².